The van der Waals surface area contributed by atoms with Crippen LogP contribution in [0.2, 0.25) is 0 Å². The Morgan fingerprint density at radius 3 is 2.83 bits per heavy atom. The second-order valence-electron chi connectivity index (χ2n) is 3.98. The molecule has 0 aliphatic rings. The van der Waals surface area contributed by atoms with Crippen LogP contribution in [0.1, 0.15) is 29.8 Å². The molecular formula is C12H20N4OS. The number of rotatable bonds is 8. The summed E-state index contributed by atoms with van der Waals surface area (Å²) in [7, 11) is 0. The van der Waals surface area contributed by atoms with Crippen molar-refractivity contribution in [3.05, 3.63) is 17.8 Å². The van der Waals surface area contributed by atoms with Crippen LogP contribution in [-0.2, 0) is 0 Å². The smallest absolute Gasteiger partial charge is 0.267 e. The molecule has 0 atom stereocenters. The molecule has 0 fully saturated rings. The van der Waals surface area contributed by atoms with Crippen LogP contribution in [0.25, 0.3) is 0 Å². The number of thioether (sulfide) groups is 1. The van der Waals surface area contributed by atoms with Gasteiger partial charge in [0.15, 0.2) is 0 Å². The largest absolute Gasteiger partial charge is 0.396 e. The highest BCUT2D eigenvalue weighted by atomic mass is 32.2. The quantitative estimate of drug-likeness (QED) is 0.624. The van der Waals surface area contributed by atoms with Crippen LogP contribution in [0.15, 0.2) is 12.1 Å². The van der Waals surface area contributed by atoms with Crippen LogP contribution in [0.4, 0.5) is 11.5 Å². The first-order chi connectivity index (χ1) is 8.65. The van der Waals surface area contributed by atoms with Gasteiger partial charge in [-0.15, -0.1) is 0 Å². The van der Waals surface area contributed by atoms with Crippen molar-refractivity contribution in [1.82, 2.24) is 4.98 Å². The Labute approximate surface area is 112 Å². The average molecular weight is 268 g/mol. The normalized spacial score (nSPS) is 10.3. The van der Waals surface area contributed by atoms with Gasteiger partial charge in [0.05, 0.1) is 5.69 Å². The number of nitrogens with two attached hydrogens (primary N) is 2. The summed E-state index contributed by atoms with van der Waals surface area (Å²) in [5, 5.41) is 3.13. The number of anilines is 2. The fraction of sp³-hybridized carbons (Fsp3) is 0.500. The summed E-state index contributed by atoms with van der Waals surface area (Å²) >= 11 is 1.86. The molecule has 0 saturated carbocycles. The highest BCUT2D eigenvalue weighted by Gasteiger charge is 2.06. The maximum Gasteiger partial charge on any atom is 0.267 e. The van der Waals surface area contributed by atoms with E-state index in [1.165, 1.54) is 24.7 Å². The molecule has 0 spiro atoms. The van der Waals surface area contributed by atoms with Crippen LogP contribution in [0.5, 0.6) is 0 Å². The van der Waals surface area contributed by atoms with E-state index in [4.69, 9.17) is 11.5 Å². The molecule has 1 rings (SSSR count). The Morgan fingerprint density at radius 1 is 1.39 bits per heavy atom. The van der Waals surface area contributed by atoms with Crippen molar-refractivity contribution in [2.75, 3.05) is 29.6 Å². The molecule has 1 aromatic heterocycles. The van der Waals surface area contributed by atoms with Gasteiger partial charge in [0.1, 0.15) is 11.5 Å². The van der Waals surface area contributed by atoms with Crippen molar-refractivity contribution >= 4 is 29.2 Å². The van der Waals surface area contributed by atoms with E-state index in [1.807, 2.05) is 11.8 Å². The molecule has 5 nitrogen and oxygen atoms in total. The number of hydrogen-bond acceptors (Lipinski definition) is 5. The van der Waals surface area contributed by atoms with E-state index < -0.39 is 5.91 Å². The van der Waals surface area contributed by atoms with Gasteiger partial charge >= 0.3 is 0 Å². The molecule has 0 radical (unpaired) electrons. The number of primary amides is 1. The predicted molar refractivity (Wildman–Crippen MR) is 77.9 cm³/mol. The Bertz CT molecular complexity index is 398. The number of carbonyl (C=O) groups excluding carboxylic acids is 1. The van der Waals surface area contributed by atoms with Gasteiger partial charge in [-0.25, -0.2) is 4.98 Å². The van der Waals surface area contributed by atoms with Gasteiger partial charge in [-0.05, 0) is 37.0 Å². The molecule has 5 N–H and O–H groups in total. The van der Waals surface area contributed by atoms with Crippen LogP contribution in [0, 0.1) is 0 Å². The molecule has 1 heterocycles. The van der Waals surface area contributed by atoms with Crippen molar-refractivity contribution in [2.45, 2.75) is 19.3 Å². The van der Waals surface area contributed by atoms with Gasteiger partial charge in [-0.3, -0.25) is 4.79 Å². The molecule has 6 heteroatoms. The second-order valence-corrected chi connectivity index (χ2v) is 4.96. The highest BCUT2D eigenvalue weighted by molar-refractivity contribution is 7.98. The first kappa shape index (κ1) is 14.6. The van der Waals surface area contributed by atoms with Crippen LogP contribution in [0.3, 0.4) is 0 Å². The van der Waals surface area contributed by atoms with Crippen molar-refractivity contribution in [3.63, 3.8) is 0 Å². The molecular weight excluding hydrogens is 248 g/mol. The van der Waals surface area contributed by atoms with Crippen molar-refractivity contribution < 1.29 is 4.79 Å². The van der Waals surface area contributed by atoms with E-state index in [0.717, 1.165) is 13.0 Å². The lowest BCUT2D eigenvalue weighted by atomic mass is 10.2. The third-order valence-electron chi connectivity index (χ3n) is 2.50. The minimum atomic E-state index is -0.543. The Balaban J connectivity index is 2.41. The zero-order valence-corrected chi connectivity index (χ0v) is 11.4. The molecule has 0 saturated heterocycles. The molecule has 0 aliphatic heterocycles. The van der Waals surface area contributed by atoms with E-state index in [9.17, 15) is 4.79 Å². The van der Waals surface area contributed by atoms with Crippen LogP contribution < -0.4 is 16.8 Å². The maximum absolute atomic E-state index is 11.0. The standard InChI is InChI=1S/C12H20N4OS/c1-18-8-4-2-3-7-15-12-9(13)5-6-10(16-12)11(14)17/h5-6H,2-4,7-8,13H2,1H3,(H2,14,17)(H,15,16). The fourth-order valence-corrected chi connectivity index (χ4v) is 2.00. The molecule has 0 unspecified atom stereocenters. The van der Waals surface area contributed by atoms with Gasteiger partial charge in [-0.2, -0.15) is 11.8 Å². The van der Waals surface area contributed by atoms with E-state index in [2.05, 4.69) is 16.6 Å². The third-order valence-corrected chi connectivity index (χ3v) is 3.19. The Kier molecular flexibility index (Phi) is 6.35. The molecule has 0 aromatic carbocycles. The third kappa shape index (κ3) is 4.83. The number of nitrogens with one attached hydrogen (secondary N) is 1. The minimum Gasteiger partial charge on any atom is -0.396 e. The van der Waals surface area contributed by atoms with E-state index in [1.54, 1.807) is 6.07 Å². The summed E-state index contributed by atoms with van der Waals surface area (Å²) in [6, 6.07) is 3.17. The predicted octanol–water partition coefficient (Wildman–Crippen LogP) is 1.71. The van der Waals surface area contributed by atoms with E-state index >= 15 is 0 Å². The molecule has 18 heavy (non-hydrogen) atoms. The SMILES string of the molecule is CSCCCCCNc1nc(C(N)=O)ccc1N. The summed E-state index contributed by atoms with van der Waals surface area (Å²) in [6.07, 6.45) is 5.55. The summed E-state index contributed by atoms with van der Waals surface area (Å²) < 4.78 is 0. The zero-order valence-electron chi connectivity index (χ0n) is 10.6. The number of nitrogen functional groups attached to an aromatic ring is 1. The van der Waals surface area contributed by atoms with Crippen molar-refractivity contribution in [2.24, 2.45) is 5.73 Å². The number of unbranched alkanes of at least 4 members (excludes halogenated alkanes) is 2. The first-order valence-corrected chi connectivity index (χ1v) is 7.33. The van der Waals surface area contributed by atoms with Crippen molar-refractivity contribution in [3.8, 4) is 0 Å². The number of aromatic nitrogens is 1. The fourth-order valence-electron chi connectivity index (χ4n) is 1.50. The summed E-state index contributed by atoms with van der Waals surface area (Å²) in [5.41, 5.74) is 11.7. The molecule has 1 aromatic rings. The summed E-state index contributed by atoms with van der Waals surface area (Å²) in [4.78, 5) is 15.1. The van der Waals surface area contributed by atoms with Crippen LogP contribution in [-0.4, -0.2) is 29.4 Å². The van der Waals surface area contributed by atoms with Gasteiger partial charge < -0.3 is 16.8 Å². The Morgan fingerprint density at radius 2 is 2.17 bits per heavy atom. The van der Waals surface area contributed by atoms with E-state index in [-0.39, 0.29) is 5.69 Å². The number of carbonyl (C=O) groups is 1. The lowest BCUT2D eigenvalue weighted by Crippen LogP contribution is -2.15. The number of pyridine rings is 1. The zero-order chi connectivity index (χ0) is 13.4. The highest BCUT2D eigenvalue weighted by Crippen LogP contribution is 2.15. The summed E-state index contributed by atoms with van der Waals surface area (Å²) in [5.74, 6) is 1.19. The average Bonchev–Trinajstić information content (AvgIpc) is 2.35. The number of nitrogens with zero attached hydrogens (tertiary/aromatic N) is 1. The molecule has 0 bridgehead atoms. The second kappa shape index (κ2) is 7.81. The topological polar surface area (TPSA) is 94.0 Å². The van der Waals surface area contributed by atoms with Gasteiger partial charge in [0, 0.05) is 6.54 Å². The minimum absolute atomic E-state index is 0.231. The molecule has 100 valence electrons. The first-order valence-electron chi connectivity index (χ1n) is 5.94. The maximum atomic E-state index is 11.0. The van der Waals surface area contributed by atoms with E-state index in [0.29, 0.717) is 11.5 Å². The monoisotopic (exact) mass is 268 g/mol. The molecule has 1 amide bonds. The van der Waals surface area contributed by atoms with Crippen molar-refractivity contribution in [1.29, 1.82) is 0 Å². The summed E-state index contributed by atoms with van der Waals surface area (Å²) in [6.45, 7) is 0.799. The Hall–Kier alpha value is -1.43. The number of amides is 1. The lowest BCUT2D eigenvalue weighted by Gasteiger charge is -2.09. The van der Waals surface area contributed by atoms with Crippen LogP contribution >= 0.6 is 11.8 Å². The van der Waals surface area contributed by atoms with Gasteiger partial charge in [-0.1, -0.05) is 6.42 Å². The number of hydrogen-bond donors (Lipinski definition) is 3. The molecule has 0 aliphatic carbocycles. The van der Waals surface area contributed by atoms with Gasteiger partial charge in [0.2, 0.25) is 0 Å². The van der Waals surface area contributed by atoms with Gasteiger partial charge in [0.25, 0.3) is 5.91 Å². The lowest BCUT2D eigenvalue weighted by molar-refractivity contribution is 0.0996.